The van der Waals surface area contributed by atoms with Gasteiger partial charge < -0.3 is 20.2 Å². The van der Waals surface area contributed by atoms with Crippen LogP contribution in [-0.2, 0) is 16.0 Å². The van der Waals surface area contributed by atoms with Crippen LogP contribution in [0.25, 0.3) is 11.1 Å². The van der Waals surface area contributed by atoms with Gasteiger partial charge in [0.2, 0.25) is 5.91 Å². The fourth-order valence-corrected chi connectivity index (χ4v) is 3.63. The highest BCUT2D eigenvalue weighted by atomic mass is 16.3. The van der Waals surface area contributed by atoms with Gasteiger partial charge in [0.05, 0.1) is 0 Å². The van der Waals surface area contributed by atoms with Crippen LogP contribution in [0.3, 0.4) is 0 Å². The lowest BCUT2D eigenvalue weighted by molar-refractivity contribution is -0.135. The van der Waals surface area contributed by atoms with Crippen molar-refractivity contribution < 1.29 is 19.5 Å². The number of amides is 2. The third kappa shape index (κ3) is 4.00. The van der Waals surface area contributed by atoms with Crippen molar-refractivity contribution in [2.75, 3.05) is 39.2 Å². The first-order valence-corrected chi connectivity index (χ1v) is 9.44. The van der Waals surface area contributed by atoms with Gasteiger partial charge in [0.25, 0.3) is 5.91 Å². The molecule has 3 rings (SSSR count). The van der Waals surface area contributed by atoms with Crippen LogP contribution in [0.1, 0.15) is 15.9 Å². The standard InChI is InChI=1S/C22H25N3O4/c1-23-21(28)20(19(27)13-26)25(3)22(29)15-6-4-14(5-7-15)16-8-9-18-17(12-16)10-11-24(18)2/h4-9,12,20,26H,10-11,13H2,1-3H3,(H,23,28). The molecule has 2 amide bonds. The van der Waals surface area contributed by atoms with E-state index in [1.807, 2.05) is 12.1 Å². The Morgan fingerprint density at radius 2 is 1.79 bits per heavy atom. The van der Waals surface area contributed by atoms with E-state index in [0.717, 1.165) is 29.0 Å². The normalized spacial score (nSPS) is 13.6. The molecule has 0 fully saturated rings. The first-order valence-electron chi connectivity index (χ1n) is 9.44. The van der Waals surface area contributed by atoms with Gasteiger partial charge in [-0.1, -0.05) is 18.2 Å². The molecule has 0 radical (unpaired) electrons. The van der Waals surface area contributed by atoms with Crippen molar-refractivity contribution in [2.24, 2.45) is 0 Å². The highest BCUT2D eigenvalue weighted by Gasteiger charge is 2.32. The third-order valence-corrected chi connectivity index (χ3v) is 5.34. The summed E-state index contributed by atoms with van der Waals surface area (Å²) in [4.78, 5) is 40.0. The smallest absolute Gasteiger partial charge is 0.254 e. The van der Waals surface area contributed by atoms with Crippen LogP contribution in [0.15, 0.2) is 42.5 Å². The number of benzene rings is 2. The van der Waals surface area contributed by atoms with E-state index in [9.17, 15) is 14.4 Å². The van der Waals surface area contributed by atoms with E-state index in [1.165, 1.54) is 25.3 Å². The lowest BCUT2D eigenvalue weighted by Crippen LogP contribution is -2.52. The molecule has 0 aromatic heterocycles. The third-order valence-electron chi connectivity index (χ3n) is 5.34. The van der Waals surface area contributed by atoms with Gasteiger partial charge in [0.1, 0.15) is 6.61 Å². The number of nitrogens with zero attached hydrogens (tertiary/aromatic N) is 2. The molecule has 1 aliphatic rings. The number of ketones is 1. The number of carbonyl (C=O) groups is 3. The van der Waals surface area contributed by atoms with Crippen LogP contribution in [0.4, 0.5) is 5.69 Å². The van der Waals surface area contributed by atoms with E-state index in [1.54, 1.807) is 12.1 Å². The Hall–Kier alpha value is -3.19. The van der Waals surface area contributed by atoms with Crippen molar-refractivity contribution in [2.45, 2.75) is 12.5 Å². The monoisotopic (exact) mass is 395 g/mol. The molecule has 152 valence electrons. The highest BCUT2D eigenvalue weighted by Crippen LogP contribution is 2.31. The molecular weight excluding hydrogens is 370 g/mol. The molecule has 2 aromatic carbocycles. The van der Waals surface area contributed by atoms with Crippen molar-refractivity contribution in [3.05, 3.63) is 53.6 Å². The number of fused-ring (bicyclic) bond motifs is 1. The van der Waals surface area contributed by atoms with Crippen LogP contribution in [0.2, 0.25) is 0 Å². The fraction of sp³-hybridized carbons (Fsp3) is 0.318. The van der Waals surface area contributed by atoms with Gasteiger partial charge in [0.15, 0.2) is 11.8 Å². The number of aliphatic hydroxyl groups is 1. The second kappa shape index (κ2) is 8.45. The van der Waals surface area contributed by atoms with Crippen molar-refractivity contribution in [1.29, 1.82) is 0 Å². The van der Waals surface area contributed by atoms with Crippen molar-refractivity contribution in [3.63, 3.8) is 0 Å². The molecule has 7 heteroatoms. The number of rotatable bonds is 6. The maximum Gasteiger partial charge on any atom is 0.254 e. The zero-order valence-corrected chi connectivity index (χ0v) is 16.8. The zero-order chi connectivity index (χ0) is 21.1. The van der Waals surface area contributed by atoms with Crippen LogP contribution in [0.5, 0.6) is 0 Å². The second-order valence-electron chi connectivity index (χ2n) is 7.15. The average molecular weight is 395 g/mol. The first-order chi connectivity index (χ1) is 13.9. The lowest BCUT2D eigenvalue weighted by atomic mass is 10.00. The number of Topliss-reactive ketones (excluding diaryl/α,β-unsaturated/α-hetero) is 1. The van der Waals surface area contributed by atoms with Gasteiger partial charge >= 0.3 is 0 Å². The molecule has 1 unspecified atom stereocenters. The average Bonchev–Trinajstić information content (AvgIpc) is 3.13. The summed E-state index contributed by atoms with van der Waals surface area (Å²) in [5.41, 5.74) is 4.97. The lowest BCUT2D eigenvalue weighted by Gasteiger charge is -2.25. The number of nitrogens with one attached hydrogen (secondary N) is 1. The molecule has 1 atom stereocenters. The number of likely N-dealkylation sites (N-methyl/N-ethyl adjacent to an activating group) is 3. The van der Waals surface area contributed by atoms with Crippen molar-refractivity contribution in [3.8, 4) is 11.1 Å². The molecular formula is C22H25N3O4. The summed E-state index contributed by atoms with van der Waals surface area (Å²) >= 11 is 0. The van der Waals surface area contributed by atoms with Gasteiger partial charge in [-0.25, -0.2) is 0 Å². The maximum absolute atomic E-state index is 12.8. The van der Waals surface area contributed by atoms with Crippen molar-refractivity contribution in [1.82, 2.24) is 10.2 Å². The minimum absolute atomic E-state index is 0.358. The summed E-state index contributed by atoms with van der Waals surface area (Å²) in [6.07, 6.45) is 1.01. The Kier molecular flexibility index (Phi) is 5.98. The summed E-state index contributed by atoms with van der Waals surface area (Å²) < 4.78 is 0. The molecule has 0 saturated carbocycles. The molecule has 0 spiro atoms. The Morgan fingerprint density at radius 3 is 2.41 bits per heavy atom. The number of hydrogen-bond donors (Lipinski definition) is 2. The van der Waals surface area contributed by atoms with E-state index in [-0.39, 0.29) is 0 Å². The van der Waals surface area contributed by atoms with E-state index in [0.29, 0.717) is 5.56 Å². The maximum atomic E-state index is 12.8. The van der Waals surface area contributed by atoms with Gasteiger partial charge in [-0.3, -0.25) is 14.4 Å². The molecule has 7 nitrogen and oxygen atoms in total. The van der Waals surface area contributed by atoms with E-state index in [2.05, 4.69) is 35.5 Å². The van der Waals surface area contributed by atoms with Crippen LogP contribution >= 0.6 is 0 Å². The van der Waals surface area contributed by atoms with Crippen LogP contribution in [-0.4, -0.2) is 67.9 Å². The minimum atomic E-state index is -1.37. The van der Waals surface area contributed by atoms with E-state index < -0.39 is 30.2 Å². The predicted molar refractivity (Wildman–Crippen MR) is 111 cm³/mol. The molecule has 29 heavy (non-hydrogen) atoms. The Morgan fingerprint density at radius 1 is 1.14 bits per heavy atom. The minimum Gasteiger partial charge on any atom is -0.388 e. The number of hydrogen-bond acceptors (Lipinski definition) is 5. The topological polar surface area (TPSA) is 90.0 Å². The summed E-state index contributed by atoms with van der Waals surface area (Å²) in [7, 11) is 4.83. The molecule has 0 aliphatic carbocycles. The van der Waals surface area contributed by atoms with Crippen LogP contribution in [0, 0.1) is 0 Å². The molecule has 1 aliphatic heterocycles. The molecule has 1 heterocycles. The van der Waals surface area contributed by atoms with Gasteiger partial charge in [0, 0.05) is 38.9 Å². The Labute approximate surface area is 169 Å². The quantitative estimate of drug-likeness (QED) is 0.715. The number of aliphatic hydroxyl groups excluding tert-OH is 1. The summed E-state index contributed by atoms with van der Waals surface area (Å²) in [6, 6.07) is 12.0. The highest BCUT2D eigenvalue weighted by molar-refractivity contribution is 6.10. The van der Waals surface area contributed by atoms with E-state index in [4.69, 9.17) is 5.11 Å². The van der Waals surface area contributed by atoms with Crippen molar-refractivity contribution >= 4 is 23.3 Å². The van der Waals surface area contributed by atoms with Gasteiger partial charge in [-0.15, -0.1) is 0 Å². The predicted octanol–water partition coefficient (Wildman–Crippen LogP) is 1.09. The first kappa shape index (κ1) is 20.5. The summed E-state index contributed by atoms with van der Waals surface area (Å²) in [5, 5.41) is 11.5. The van der Waals surface area contributed by atoms with E-state index >= 15 is 0 Å². The molecule has 2 N–H and O–H groups in total. The van der Waals surface area contributed by atoms with Gasteiger partial charge in [-0.05, 0) is 47.4 Å². The molecule has 0 saturated heterocycles. The summed E-state index contributed by atoms with van der Waals surface area (Å²) in [6.45, 7) is 0.194. The summed E-state index contributed by atoms with van der Waals surface area (Å²) in [5.74, 6) is -1.85. The van der Waals surface area contributed by atoms with Gasteiger partial charge in [-0.2, -0.15) is 0 Å². The zero-order valence-electron chi connectivity index (χ0n) is 16.8. The fourth-order valence-electron chi connectivity index (χ4n) is 3.63. The Bertz CT molecular complexity index is 924. The molecule has 2 aromatic rings. The SMILES string of the molecule is CNC(=O)C(C(=O)CO)N(C)C(=O)c1ccc(-c2ccc3c(c2)CCN3C)cc1. The molecule has 0 bridgehead atoms. The number of carbonyl (C=O) groups excluding carboxylic acids is 3. The number of anilines is 1. The van der Waals surface area contributed by atoms with Crippen LogP contribution < -0.4 is 10.2 Å². The largest absolute Gasteiger partial charge is 0.388 e. The second-order valence-corrected chi connectivity index (χ2v) is 7.15. The Balaban J connectivity index is 1.81.